The van der Waals surface area contributed by atoms with Crippen molar-refractivity contribution in [2.45, 2.75) is 45.3 Å². The van der Waals surface area contributed by atoms with Crippen LogP contribution in [-0.4, -0.2) is 16.9 Å². The molecule has 0 radical (unpaired) electrons. The summed E-state index contributed by atoms with van der Waals surface area (Å²) in [5.74, 6) is 0.550. The van der Waals surface area contributed by atoms with Gasteiger partial charge in [-0.05, 0) is 48.6 Å². The molecule has 1 amide bonds. The molecule has 31 heavy (non-hydrogen) atoms. The van der Waals surface area contributed by atoms with E-state index in [2.05, 4.69) is 12.2 Å². The minimum atomic E-state index is -0.451. The molecule has 7 heteroatoms. The molecule has 0 saturated heterocycles. The first kappa shape index (κ1) is 22.0. The Bertz CT molecular complexity index is 1010. The molecular formula is C24H25N3O4. The number of nitro benzene ring substituents is 1. The molecule has 1 aliphatic carbocycles. The molecule has 0 unspecified atom stereocenters. The summed E-state index contributed by atoms with van der Waals surface area (Å²) in [4.78, 5) is 23.0. The molecule has 0 aromatic heterocycles. The second kappa shape index (κ2) is 10.4. The van der Waals surface area contributed by atoms with Crippen molar-refractivity contribution in [1.29, 1.82) is 5.26 Å². The smallest absolute Gasteiger partial charge is 0.269 e. The van der Waals surface area contributed by atoms with Gasteiger partial charge in [0.25, 0.3) is 11.6 Å². The molecule has 0 spiro atoms. The molecule has 3 rings (SSSR count). The number of carbonyl (C=O) groups excluding carboxylic acids is 1. The van der Waals surface area contributed by atoms with Crippen LogP contribution in [0.2, 0.25) is 0 Å². The Morgan fingerprint density at radius 1 is 1.23 bits per heavy atom. The highest BCUT2D eigenvalue weighted by atomic mass is 16.6. The lowest BCUT2D eigenvalue weighted by atomic mass is 9.86. The monoisotopic (exact) mass is 419 g/mol. The molecule has 160 valence electrons. The summed E-state index contributed by atoms with van der Waals surface area (Å²) >= 11 is 0. The Labute approximate surface area is 181 Å². The van der Waals surface area contributed by atoms with Gasteiger partial charge in [0.1, 0.15) is 24.0 Å². The number of carbonyl (C=O) groups is 1. The summed E-state index contributed by atoms with van der Waals surface area (Å²) < 4.78 is 5.86. The zero-order valence-electron chi connectivity index (χ0n) is 17.4. The van der Waals surface area contributed by atoms with Crippen LogP contribution in [0.25, 0.3) is 6.08 Å². The summed E-state index contributed by atoms with van der Waals surface area (Å²) in [5, 5.41) is 23.3. The number of non-ortho nitro benzene ring substituents is 1. The zero-order chi connectivity index (χ0) is 22.2. The van der Waals surface area contributed by atoms with Crippen LogP contribution in [0, 0.1) is 27.4 Å². The lowest BCUT2D eigenvalue weighted by molar-refractivity contribution is -0.384. The number of nitriles is 1. The number of hydrogen-bond acceptors (Lipinski definition) is 5. The van der Waals surface area contributed by atoms with Crippen LogP contribution in [0.4, 0.5) is 5.69 Å². The van der Waals surface area contributed by atoms with Crippen molar-refractivity contribution in [3.05, 3.63) is 75.3 Å². The lowest BCUT2D eigenvalue weighted by Gasteiger charge is -2.29. The van der Waals surface area contributed by atoms with E-state index in [9.17, 15) is 20.2 Å². The highest BCUT2D eigenvalue weighted by molar-refractivity contribution is 6.02. The summed E-state index contributed by atoms with van der Waals surface area (Å²) in [7, 11) is 0. The second-order valence-corrected chi connectivity index (χ2v) is 7.76. The fraction of sp³-hybridized carbons (Fsp3) is 0.333. The van der Waals surface area contributed by atoms with E-state index in [4.69, 9.17) is 4.74 Å². The van der Waals surface area contributed by atoms with Crippen LogP contribution < -0.4 is 10.1 Å². The fourth-order valence-electron chi connectivity index (χ4n) is 3.69. The van der Waals surface area contributed by atoms with E-state index in [0.717, 1.165) is 24.8 Å². The number of ether oxygens (including phenoxy) is 1. The topological polar surface area (TPSA) is 105 Å². The van der Waals surface area contributed by atoms with Crippen LogP contribution >= 0.6 is 0 Å². The van der Waals surface area contributed by atoms with Crippen molar-refractivity contribution in [2.75, 3.05) is 0 Å². The third kappa shape index (κ3) is 5.92. The van der Waals surface area contributed by atoms with Crippen molar-refractivity contribution < 1.29 is 14.5 Å². The molecule has 2 atom stereocenters. The summed E-state index contributed by atoms with van der Waals surface area (Å²) in [6, 6.07) is 15.4. The first-order valence-corrected chi connectivity index (χ1v) is 10.4. The number of nitrogens with one attached hydrogen (secondary N) is 1. The predicted molar refractivity (Wildman–Crippen MR) is 117 cm³/mol. The number of rotatable bonds is 7. The van der Waals surface area contributed by atoms with Gasteiger partial charge in [-0.25, -0.2) is 0 Å². The molecule has 2 aromatic carbocycles. The largest absolute Gasteiger partial charge is 0.488 e. The molecule has 1 fully saturated rings. The number of amides is 1. The van der Waals surface area contributed by atoms with E-state index in [0.29, 0.717) is 17.2 Å². The first-order chi connectivity index (χ1) is 15.0. The predicted octanol–water partition coefficient (Wildman–Crippen LogP) is 4.78. The van der Waals surface area contributed by atoms with Crippen LogP contribution in [0.3, 0.4) is 0 Å². The van der Waals surface area contributed by atoms with Crippen molar-refractivity contribution in [1.82, 2.24) is 5.32 Å². The molecule has 0 bridgehead atoms. The Kier molecular flexibility index (Phi) is 7.39. The number of nitro groups is 1. The van der Waals surface area contributed by atoms with Gasteiger partial charge >= 0.3 is 0 Å². The maximum absolute atomic E-state index is 12.7. The molecule has 0 aliphatic heterocycles. The summed E-state index contributed by atoms with van der Waals surface area (Å²) in [5.41, 5.74) is 1.44. The maximum Gasteiger partial charge on any atom is 0.269 e. The molecule has 7 nitrogen and oxygen atoms in total. The van der Waals surface area contributed by atoms with Gasteiger partial charge in [0.15, 0.2) is 0 Å². The van der Waals surface area contributed by atoms with Crippen molar-refractivity contribution in [2.24, 2.45) is 5.92 Å². The van der Waals surface area contributed by atoms with E-state index in [1.165, 1.54) is 24.6 Å². The minimum Gasteiger partial charge on any atom is -0.488 e. The Morgan fingerprint density at radius 2 is 1.94 bits per heavy atom. The van der Waals surface area contributed by atoms with Gasteiger partial charge in [0, 0.05) is 23.7 Å². The van der Waals surface area contributed by atoms with Gasteiger partial charge in [-0.15, -0.1) is 0 Å². The fourth-order valence-corrected chi connectivity index (χ4v) is 3.69. The van der Waals surface area contributed by atoms with Crippen LogP contribution in [-0.2, 0) is 11.4 Å². The molecule has 1 N–H and O–H groups in total. The van der Waals surface area contributed by atoms with Crippen LogP contribution in [0.1, 0.15) is 43.7 Å². The molecule has 1 aliphatic rings. The van der Waals surface area contributed by atoms with E-state index in [-0.39, 0.29) is 29.8 Å². The van der Waals surface area contributed by atoms with Crippen molar-refractivity contribution in [3.63, 3.8) is 0 Å². The standard InChI is InChI=1S/C24H25N3O4/c1-17-6-2-4-8-22(17)26-24(28)20(15-25)14-19-7-3-5-9-23(19)31-16-18-10-12-21(13-11-18)27(29)30/h3,5,7,9-14,17,22H,2,4,6,8,16H2,1H3,(H,26,28)/b20-14+/t17-,22+/m1/s1. The Morgan fingerprint density at radius 3 is 2.61 bits per heavy atom. The number of para-hydroxylation sites is 1. The van der Waals surface area contributed by atoms with E-state index in [1.807, 2.05) is 6.07 Å². The molecule has 1 saturated carbocycles. The quantitative estimate of drug-likeness (QED) is 0.301. The van der Waals surface area contributed by atoms with Gasteiger partial charge in [-0.1, -0.05) is 38.0 Å². The number of nitrogens with zero attached hydrogens (tertiary/aromatic N) is 2. The summed E-state index contributed by atoms with van der Waals surface area (Å²) in [6.45, 7) is 2.33. The van der Waals surface area contributed by atoms with Crippen LogP contribution in [0.5, 0.6) is 5.75 Å². The minimum absolute atomic E-state index is 0.0176. The number of hydrogen-bond donors (Lipinski definition) is 1. The van der Waals surface area contributed by atoms with Gasteiger partial charge in [-0.3, -0.25) is 14.9 Å². The molecular weight excluding hydrogens is 394 g/mol. The highest BCUT2D eigenvalue weighted by Crippen LogP contribution is 2.25. The second-order valence-electron chi connectivity index (χ2n) is 7.76. The Balaban J connectivity index is 1.71. The third-order valence-corrected chi connectivity index (χ3v) is 5.55. The van der Waals surface area contributed by atoms with Gasteiger partial charge in [-0.2, -0.15) is 5.26 Å². The molecule has 0 heterocycles. The maximum atomic E-state index is 12.7. The van der Waals surface area contributed by atoms with Gasteiger partial charge < -0.3 is 10.1 Å². The van der Waals surface area contributed by atoms with Crippen LogP contribution in [0.15, 0.2) is 54.1 Å². The van der Waals surface area contributed by atoms with E-state index < -0.39 is 4.92 Å². The van der Waals surface area contributed by atoms with E-state index in [1.54, 1.807) is 36.4 Å². The van der Waals surface area contributed by atoms with Gasteiger partial charge in [0.2, 0.25) is 0 Å². The third-order valence-electron chi connectivity index (χ3n) is 5.55. The average Bonchev–Trinajstić information content (AvgIpc) is 2.78. The SMILES string of the molecule is C[C@@H]1CCCC[C@@H]1NC(=O)/C(C#N)=C/c1ccccc1OCc1ccc([N+](=O)[O-])cc1. The lowest BCUT2D eigenvalue weighted by Crippen LogP contribution is -2.41. The zero-order valence-corrected chi connectivity index (χ0v) is 17.4. The van der Waals surface area contributed by atoms with Crippen molar-refractivity contribution >= 4 is 17.7 Å². The van der Waals surface area contributed by atoms with E-state index >= 15 is 0 Å². The average molecular weight is 419 g/mol. The number of benzene rings is 2. The summed E-state index contributed by atoms with van der Waals surface area (Å²) in [6.07, 6.45) is 5.80. The van der Waals surface area contributed by atoms with Crippen molar-refractivity contribution in [3.8, 4) is 11.8 Å². The first-order valence-electron chi connectivity index (χ1n) is 10.4. The Hall–Kier alpha value is -3.66. The normalized spacial score (nSPS) is 18.6. The van der Waals surface area contributed by atoms with Gasteiger partial charge in [0.05, 0.1) is 4.92 Å². The highest BCUT2D eigenvalue weighted by Gasteiger charge is 2.24. The molecule has 2 aromatic rings.